The zero-order valence-corrected chi connectivity index (χ0v) is 17.8. The molecule has 8 heteroatoms. The lowest BCUT2D eigenvalue weighted by Crippen LogP contribution is -2.57. The summed E-state index contributed by atoms with van der Waals surface area (Å²) in [6.07, 6.45) is 0. The molecule has 1 saturated heterocycles. The number of benzene rings is 2. The Kier molecular flexibility index (Phi) is 7.35. The van der Waals surface area contributed by atoms with Gasteiger partial charge in [-0.2, -0.15) is 0 Å². The molecule has 0 radical (unpaired) electrons. The Morgan fingerprint density at radius 1 is 0.844 bits per heavy atom. The highest BCUT2D eigenvalue weighted by Crippen LogP contribution is 2.41. The Morgan fingerprint density at radius 2 is 1.34 bits per heavy atom. The smallest absolute Gasteiger partial charge is 0.319 e. The van der Waals surface area contributed by atoms with E-state index in [1.807, 2.05) is 0 Å². The van der Waals surface area contributed by atoms with E-state index in [9.17, 15) is 23.6 Å². The molecule has 1 heterocycles. The van der Waals surface area contributed by atoms with Crippen LogP contribution in [0.25, 0.3) is 0 Å². The van der Waals surface area contributed by atoms with Crippen molar-refractivity contribution in [3.63, 3.8) is 0 Å². The second-order valence-corrected chi connectivity index (χ2v) is 7.28. The van der Waals surface area contributed by atoms with Crippen LogP contribution in [0.15, 0.2) is 54.6 Å². The van der Waals surface area contributed by atoms with Gasteiger partial charge in [0.15, 0.2) is 0 Å². The lowest BCUT2D eigenvalue weighted by molar-refractivity contribution is -0.172. The molecule has 1 aliphatic rings. The summed E-state index contributed by atoms with van der Waals surface area (Å²) in [5.74, 6) is -7.89. The van der Waals surface area contributed by atoms with Crippen LogP contribution in [0.1, 0.15) is 30.9 Å². The molecule has 1 fully saturated rings. The number of likely N-dealkylation sites (tertiary alicyclic amines) is 1. The quantitative estimate of drug-likeness (QED) is 0.373. The minimum Gasteiger partial charge on any atom is -0.465 e. The van der Waals surface area contributed by atoms with Crippen LogP contribution in [-0.4, -0.2) is 41.9 Å². The zero-order valence-electron chi connectivity index (χ0n) is 17.8. The monoisotopic (exact) mass is 441 g/mol. The lowest BCUT2D eigenvalue weighted by Gasteiger charge is -2.39. The number of piperidine rings is 1. The highest BCUT2D eigenvalue weighted by molar-refractivity contribution is 6.14. The molecule has 2 amide bonds. The van der Waals surface area contributed by atoms with Crippen molar-refractivity contribution in [2.24, 2.45) is 11.8 Å². The lowest BCUT2D eigenvalue weighted by atomic mass is 9.72. The third-order valence-electron chi connectivity index (χ3n) is 5.30. The number of hydrogen-bond donors (Lipinski definition) is 0. The maximum Gasteiger partial charge on any atom is 0.319 e. The molecule has 0 spiro atoms. The van der Waals surface area contributed by atoms with Crippen LogP contribution in [0.5, 0.6) is 0 Å². The molecule has 32 heavy (non-hydrogen) atoms. The first-order chi connectivity index (χ1) is 15.4. The number of carbonyl (C=O) groups is 4. The second kappa shape index (κ2) is 10.2. The van der Waals surface area contributed by atoms with E-state index in [-0.39, 0.29) is 19.8 Å². The Balaban J connectivity index is 2.12. The summed E-state index contributed by atoms with van der Waals surface area (Å²) < 4.78 is 23.8. The van der Waals surface area contributed by atoms with Gasteiger partial charge in [0.05, 0.1) is 19.8 Å². The predicted molar refractivity (Wildman–Crippen MR) is 111 cm³/mol. The van der Waals surface area contributed by atoms with Crippen molar-refractivity contribution in [3.05, 3.63) is 71.5 Å². The molecule has 0 aliphatic carbocycles. The van der Waals surface area contributed by atoms with E-state index in [2.05, 4.69) is 0 Å². The minimum atomic E-state index is -1.46. The van der Waals surface area contributed by atoms with Gasteiger partial charge in [-0.1, -0.05) is 42.5 Å². The normalized spacial score (nSPS) is 20.7. The fraction of sp³-hybridized carbons (Fsp3) is 0.333. The largest absolute Gasteiger partial charge is 0.465 e. The van der Waals surface area contributed by atoms with Crippen LogP contribution in [0.4, 0.5) is 4.39 Å². The Bertz CT molecular complexity index is 953. The molecule has 1 aliphatic heterocycles. The third-order valence-corrected chi connectivity index (χ3v) is 5.30. The minimum absolute atomic E-state index is 0.00938. The van der Waals surface area contributed by atoms with Gasteiger partial charge in [-0.25, -0.2) is 4.39 Å². The maximum atomic E-state index is 13.5. The number of carbonyl (C=O) groups excluding carboxylic acids is 4. The molecule has 0 aromatic heterocycles. The van der Waals surface area contributed by atoms with E-state index in [0.717, 1.165) is 17.0 Å². The molecule has 3 rings (SSSR count). The van der Waals surface area contributed by atoms with Crippen LogP contribution < -0.4 is 0 Å². The summed E-state index contributed by atoms with van der Waals surface area (Å²) in [6.45, 7) is 3.09. The van der Waals surface area contributed by atoms with Crippen molar-refractivity contribution in [2.75, 3.05) is 13.2 Å². The summed E-state index contributed by atoms with van der Waals surface area (Å²) in [6, 6.07) is 13.7. The van der Waals surface area contributed by atoms with E-state index < -0.39 is 47.3 Å². The summed E-state index contributed by atoms with van der Waals surface area (Å²) in [5, 5.41) is 0. The molecule has 3 atom stereocenters. The summed E-state index contributed by atoms with van der Waals surface area (Å²) in [4.78, 5) is 53.5. The van der Waals surface area contributed by atoms with Crippen molar-refractivity contribution >= 4 is 23.8 Å². The highest BCUT2D eigenvalue weighted by atomic mass is 19.1. The SMILES string of the molecule is CCOC(=O)[C@@H]1C(=O)N(Cc2ccccc2)C(=O)[C@H](C(=O)OCC)C1c1ccc(F)cc1. The van der Waals surface area contributed by atoms with E-state index in [1.54, 1.807) is 44.2 Å². The van der Waals surface area contributed by atoms with Crippen molar-refractivity contribution in [3.8, 4) is 0 Å². The van der Waals surface area contributed by atoms with Gasteiger partial charge in [0.1, 0.15) is 17.7 Å². The van der Waals surface area contributed by atoms with Crippen molar-refractivity contribution < 1.29 is 33.0 Å². The molecule has 0 bridgehead atoms. The number of imide groups is 1. The number of amides is 2. The summed E-state index contributed by atoms with van der Waals surface area (Å²) in [7, 11) is 0. The van der Waals surface area contributed by atoms with Crippen molar-refractivity contribution in [1.29, 1.82) is 0 Å². The van der Waals surface area contributed by atoms with Crippen LogP contribution in [-0.2, 0) is 35.2 Å². The molecule has 7 nitrogen and oxygen atoms in total. The van der Waals surface area contributed by atoms with Gasteiger partial charge in [-0.05, 0) is 37.1 Å². The van der Waals surface area contributed by atoms with E-state index in [1.165, 1.54) is 12.1 Å². The summed E-state index contributed by atoms with van der Waals surface area (Å²) >= 11 is 0. The Labute approximate surface area is 185 Å². The van der Waals surface area contributed by atoms with E-state index in [0.29, 0.717) is 11.1 Å². The standard InChI is InChI=1S/C24H24FNO6/c1-3-31-23(29)19-18(16-10-12-17(25)13-11-16)20(24(30)32-4-2)22(28)26(21(19)27)14-15-8-6-5-7-9-15/h5-13,18-20H,3-4,14H2,1-2H3/t18?,19-,20+. The number of rotatable bonds is 7. The van der Waals surface area contributed by atoms with Gasteiger partial charge < -0.3 is 9.47 Å². The molecule has 2 aromatic rings. The third kappa shape index (κ3) is 4.69. The van der Waals surface area contributed by atoms with Crippen LogP contribution >= 0.6 is 0 Å². The first kappa shape index (κ1) is 23.1. The second-order valence-electron chi connectivity index (χ2n) is 7.28. The fourth-order valence-corrected chi connectivity index (χ4v) is 3.89. The average molecular weight is 441 g/mol. The Hall–Kier alpha value is -3.55. The van der Waals surface area contributed by atoms with Crippen molar-refractivity contribution in [2.45, 2.75) is 26.3 Å². The number of ether oxygens (including phenoxy) is 2. The molecular formula is C24H24FNO6. The number of nitrogens with zero attached hydrogens (tertiary/aromatic N) is 1. The van der Waals surface area contributed by atoms with Crippen LogP contribution in [0.3, 0.4) is 0 Å². The maximum absolute atomic E-state index is 13.5. The molecule has 2 aromatic carbocycles. The number of hydrogen-bond acceptors (Lipinski definition) is 6. The average Bonchev–Trinajstić information content (AvgIpc) is 2.78. The van der Waals surface area contributed by atoms with E-state index >= 15 is 0 Å². The first-order valence-corrected chi connectivity index (χ1v) is 10.4. The predicted octanol–water partition coefficient (Wildman–Crippen LogP) is 2.84. The van der Waals surface area contributed by atoms with E-state index in [4.69, 9.17) is 9.47 Å². The molecule has 0 saturated carbocycles. The molecule has 168 valence electrons. The van der Waals surface area contributed by atoms with Gasteiger partial charge in [0, 0.05) is 5.92 Å². The van der Waals surface area contributed by atoms with Crippen LogP contribution in [0, 0.1) is 17.7 Å². The number of esters is 2. The summed E-state index contributed by atoms with van der Waals surface area (Å²) in [5.41, 5.74) is 0.947. The fourth-order valence-electron chi connectivity index (χ4n) is 3.89. The van der Waals surface area contributed by atoms with Gasteiger partial charge in [0.2, 0.25) is 11.8 Å². The van der Waals surface area contributed by atoms with Gasteiger partial charge in [0.25, 0.3) is 0 Å². The Morgan fingerprint density at radius 3 is 1.81 bits per heavy atom. The molecular weight excluding hydrogens is 417 g/mol. The highest BCUT2D eigenvalue weighted by Gasteiger charge is 2.55. The number of halogens is 1. The molecule has 1 unspecified atom stereocenters. The van der Waals surface area contributed by atoms with Gasteiger partial charge in [-0.15, -0.1) is 0 Å². The topological polar surface area (TPSA) is 90.0 Å². The molecule has 0 N–H and O–H groups in total. The van der Waals surface area contributed by atoms with Crippen LogP contribution in [0.2, 0.25) is 0 Å². The zero-order chi connectivity index (χ0) is 23.3. The van der Waals surface area contributed by atoms with Gasteiger partial charge >= 0.3 is 11.9 Å². The van der Waals surface area contributed by atoms with Gasteiger partial charge in [-0.3, -0.25) is 24.1 Å². The van der Waals surface area contributed by atoms with Crippen molar-refractivity contribution in [1.82, 2.24) is 4.90 Å². The first-order valence-electron chi connectivity index (χ1n) is 10.4.